The smallest absolute Gasteiger partial charge is 0.307 e. The summed E-state index contributed by atoms with van der Waals surface area (Å²) in [6.45, 7) is 0. The summed E-state index contributed by atoms with van der Waals surface area (Å²) in [5.74, 6) is 0. The number of para-hydroxylation sites is 1. The molecule has 0 radical (unpaired) electrons. The highest BCUT2D eigenvalue weighted by atomic mass is 79.9. The Hall–Kier alpha value is -4.31. The van der Waals surface area contributed by atoms with E-state index in [4.69, 9.17) is 0 Å². The number of hydrogen-bond donors (Lipinski definition) is 2. The minimum absolute atomic E-state index is 0.00514. The minimum Gasteiger partial charge on any atom is -0.307 e. The second-order valence-corrected chi connectivity index (χ2v) is 7.76. The summed E-state index contributed by atoms with van der Waals surface area (Å²) in [6.07, 6.45) is 3.23. The molecule has 0 aliphatic heterocycles. The fraction of sp³-hybridized carbons (Fsp3) is 0. The molecule has 0 bridgehead atoms. The lowest BCUT2D eigenvalue weighted by molar-refractivity contribution is -0.384. The Morgan fingerprint density at radius 1 is 1.03 bits per heavy atom. The van der Waals surface area contributed by atoms with Crippen LogP contribution in [0.1, 0.15) is 5.56 Å². The second kappa shape index (κ2) is 9.88. The van der Waals surface area contributed by atoms with Crippen LogP contribution in [0.15, 0.2) is 94.6 Å². The van der Waals surface area contributed by atoms with Crippen molar-refractivity contribution in [2.75, 3.05) is 5.32 Å². The molecule has 0 unspecified atom stereocenters. The molecule has 0 aliphatic carbocycles. The van der Waals surface area contributed by atoms with Crippen molar-refractivity contribution >= 4 is 39.6 Å². The zero-order valence-electron chi connectivity index (χ0n) is 17.1. The molecule has 0 fully saturated rings. The van der Waals surface area contributed by atoms with E-state index in [1.807, 2.05) is 42.5 Å². The van der Waals surface area contributed by atoms with Gasteiger partial charge in [0.05, 0.1) is 16.8 Å². The molecule has 2 N–H and O–H groups in total. The number of carbonyl (C=O) groups is 1. The molecule has 0 atom stereocenters. The molecule has 4 rings (SSSR count). The van der Waals surface area contributed by atoms with Crippen LogP contribution in [0.4, 0.5) is 16.2 Å². The summed E-state index contributed by atoms with van der Waals surface area (Å²) in [5.41, 5.74) is 5.85. The van der Waals surface area contributed by atoms with E-state index in [0.29, 0.717) is 22.6 Å². The van der Waals surface area contributed by atoms with Crippen molar-refractivity contribution < 1.29 is 9.72 Å². The van der Waals surface area contributed by atoms with E-state index < -0.39 is 11.0 Å². The highest BCUT2D eigenvalue weighted by molar-refractivity contribution is 9.10. The van der Waals surface area contributed by atoms with Gasteiger partial charge in [-0.05, 0) is 36.4 Å². The van der Waals surface area contributed by atoms with Crippen LogP contribution in [0, 0.1) is 10.1 Å². The van der Waals surface area contributed by atoms with Gasteiger partial charge < -0.3 is 5.32 Å². The number of halogens is 1. The van der Waals surface area contributed by atoms with Gasteiger partial charge >= 0.3 is 6.03 Å². The number of non-ortho nitro benzene ring substituents is 1. The lowest BCUT2D eigenvalue weighted by Gasteiger charge is -2.03. The second-order valence-electron chi connectivity index (χ2n) is 6.85. The predicted octanol–water partition coefficient (Wildman–Crippen LogP) is 5.37. The third-order valence-electron chi connectivity index (χ3n) is 4.59. The molecule has 2 amide bonds. The van der Waals surface area contributed by atoms with Gasteiger partial charge in [0.15, 0.2) is 0 Å². The average Bonchev–Trinajstić information content (AvgIpc) is 3.24. The van der Waals surface area contributed by atoms with Crippen LogP contribution in [0.2, 0.25) is 0 Å². The van der Waals surface area contributed by atoms with Crippen LogP contribution in [-0.2, 0) is 0 Å². The van der Waals surface area contributed by atoms with E-state index >= 15 is 0 Å². The van der Waals surface area contributed by atoms with Crippen LogP contribution in [0.5, 0.6) is 0 Å². The van der Waals surface area contributed by atoms with Gasteiger partial charge in [0.1, 0.15) is 5.69 Å². The quantitative estimate of drug-likeness (QED) is 0.208. The number of anilines is 1. The summed E-state index contributed by atoms with van der Waals surface area (Å²) >= 11 is 3.42. The standard InChI is InChI=1S/C23H17BrN6O3/c24-18-8-6-16(7-9-18)22-17(14-25-27-23(31)26-19-4-2-1-3-5-19)15-29(28-22)20-10-12-21(13-11-20)30(32)33/h1-15H,(H2,26,27,31)/b25-14+. The maximum atomic E-state index is 12.1. The first-order valence-electron chi connectivity index (χ1n) is 9.75. The zero-order valence-corrected chi connectivity index (χ0v) is 18.6. The molecule has 33 heavy (non-hydrogen) atoms. The number of nitro benzene ring substituents is 1. The lowest BCUT2D eigenvalue weighted by atomic mass is 10.1. The number of carbonyl (C=O) groups excluding carboxylic acids is 1. The summed E-state index contributed by atoms with van der Waals surface area (Å²) in [4.78, 5) is 22.6. The Kier molecular flexibility index (Phi) is 6.56. The normalized spacial score (nSPS) is 10.8. The summed E-state index contributed by atoms with van der Waals surface area (Å²) in [5, 5.41) is 22.3. The van der Waals surface area contributed by atoms with Crippen LogP contribution in [-0.4, -0.2) is 26.9 Å². The van der Waals surface area contributed by atoms with Crippen molar-refractivity contribution in [2.45, 2.75) is 0 Å². The van der Waals surface area contributed by atoms with Crippen molar-refractivity contribution in [1.82, 2.24) is 15.2 Å². The molecule has 0 aliphatic rings. The molecule has 1 heterocycles. The molecule has 4 aromatic rings. The Morgan fingerprint density at radius 3 is 2.39 bits per heavy atom. The van der Waals surface area contributed by atoms with Crippen LogP contribution >= 0.6 is 15.9 Å². The molecule has 9 nitrogen and oxygen atoms in total. The van der Waals surface area contributed by atoms with Gasteiger partial charge in [-0.1, -0.05) is 46.3 Å². The summed E-state index contributed by atoms with van der Waals surface area (Å²) < 4.78 is 2.53. The first-order valence-corrected chi connectivity index (χ1v) is 10.5. The number of hydrazone groups is 1. The number of nitrogens with zero attached hydrogens (tertiary/aromatic N) is 4. The minimum atomic E-state index is -0.481. The highest BCUT2D eigenvalue weighted by Crippen LogP contribution is 2.25. The van der Waals surface area contributed by atoms with Crippen molar-refractivity contribution in [2.24, 2.45) is 5.10 Å². The molecular formula is C23H17BrN6O3. The molecule has 1 aromatic heterocycles. The fourth-order valence-electron chi connectivity index (χ4n) is 3.01. The van der Waals surface area contributed by atoms with Crippen LogP contribution in [0.25, 0.3) is 16.9 Å². The first kappa shape index (κ1) is 21.9. The number of benzene rings is 3. The number of nitrogens with one attached hydrogen (secondary N) is 2. The van der Waals surface area contributed by atoms with Crippen molar-refractivity contribution in [1.29, 1.82) is 0 Å². The van der Waals surface area contributed by atoms with Gasteiger partial charge in [-0.3, -0.25) is 10.1 Å². The fourth-order valence-corrected chi connectivity index (χ4v) is 3.28. The van der Waals surface area contributed by atoms with E-state index in [9.17, 15) is 14.9 Å². The maximum absolute atomic E-state index is 12.1. The van der Waals surface area contributed by atoms with Crippen molar-refractivity contribution in [3.8, 4) is 16.9 Å². The molecule has 164 valence electrons. The van der Waals surface area contributed by atoms with Crippen molar-refractivity contribution in [3.63, 3.8) is 0 Å². The Balaban J connectivity index is 1.59. The van der Waals surface area contributed by atoms with Gasteiger partial charge in [-0.2, -0.15) is 10.2 Å². The SMILES string of the molecule is O=C(N/N=C/c1cn(-c2ccc([N+](=O)[O-])cc2)nc1-c1ccc(Br)cc1)Nc1ccccc1. The van der Waals surface area contributed by atoms with Gasteiger partial charge in [0.2, 0.25) is 0 Å². The largest absolute Gasteiger partial charge is 0.339 e. The third-order valence-corrected chi connectivity index (χ3v) is 5.12. The Labute approximate surface area is 197 Å². The maximum Gasteiger partial charge on any atom is 0.339 e. The summed E-state index contributed by atoms with van der Waals surface area (Å²) in [6, 6.07) is 22.2. The number of aromatic nitrogens is 2. The van der Waals surface area contributed by atoms with E-state index in [-0.39, 0.29) is 5.69 Å². The first-order chi connectivity index (χ1) is 16.0. The number of urea groups is 1. The highest BCUT2D eigenvalue weighted by Gasteiger charge is 2.13. The third kappa shape index (κ3) is 5.49. The number of rotatable bonds is 6. The average molecular weight is 505 g/mol. The van der Waals surface area contributed by atoms with E-state index in [2.05, 4.69) is 36.9 Å². The summed E-state index contributed by atoms with van der Waals surface area (Å²) in [7, 11) is 0. The van der Waals surface area contributed by atoms with E-state index in [1.54, 1.807) is 35.1 Å². The van der Waals surface area contributed by atoms with Crippen molar-refractivity contribution in [3.05, 3.63) is 105 Å². The number of nitro groups is 1. The molecule has 10 heteroatoms. The number of hydrogen-bond acceptors (Lipinski definition) is 5. The molecule has 0 spiro atoms. The van der Waals surface area contributed by atoms with Crippen LogP contribution < -0.4 is 10.7 Å². The Morgan fingerprint density at radius 2 is 1.73 bits per heavy atom. The molecular weight excluding hydrogens is 488 g/mol. The van der Waals surface area contributed by atoms with E-state index in [0.717, 1.165) is 10.0 Å². The Bertz CT molecular complexity index is 1300. The zero-order chi connectivity index (χ0) is 23.2. The van der Waals surface area contributed by atoms with Gasteiger partial charge in [0.25, 0.3) is 5.69 Å². The monoisotopic (exact) mass is 504 g/mol. The lowest BCUT2D eigenvalue weighted by Crippen LogP contribution is -2.24. The molecule has 3 aromatic carbocycles. The molecule has 0 saturated heterocycles. The predicted molar refractivity (Wildman–Crippen MR) is 130 cm³/mol. The van der Waals surface area contributed by atoms with E-state index in [1.165, 1.54) is 18.3 Å². The molecule has 0 saturated carbocycles. The van der Waals surface area contributed by atoms with Gasteiger partial charge in [-0.25, -0.2) is 14.9 Å². The van der Waals surface area contributed by atoms with Gasteiger partial charge in [-0.15, -0.1) is 0 Å². The van der Waals surface area contributed by atoms with Gasteiger partial charge in [0, 0.05) is 39.6 Å². The topological polar surface area (TPSA) is 114 Å². The number of amides is 2. The van der Waals surface area contributed by atoms with Crippen LogP contribution in [0.3, 0.4) is 0 Å².